The molecule has 1 heterocycles. The number of rotatable bonds is 4. The maximum absolute atomic E-state index is 12.2. The van der Waals surface area contributed by atoms with Crippen LogP contribution in [0.4, 0.5) is 5.69 Å². The van der Waals surface area contributed by atoms with Crippen LogP contribution in [-0.4, -0.2) is 16.8 Å². The van der Waals surface area contributed by atoms with Crippen molar-refractivity contribution in [1.82, 2.24) is 10.3 Å². The zero-order valence-electron chi connectivity index (χ0n) is 11.4. The number of halogens is 1. The minimum Gasteiger partial charge on any atom is -0.351 e. The number of amides is 2. The first-order chi connectivity index (χ1) is 10.0. The molecule has 5 nitrogen and oxygen atoms in total. The van der Waals surface area contributed by atoms with E-state index in [1.807, 2.05) is 12.1 Å². The van der Waals surface area contributed by atoms with Gasteiger partial charge in [0, 0.05) is 28.8 Å². The average molecular weight is 348 g/mol. The topological polar surface area (TPSA) is 71.1 Å². The third-order valence-electron chi connectivity index (χ3n) is 2.70. The first-order valence-electron chi connectivity index (χ1n) is 6.31. The Morgan fingerprint density at radius 3 is 2.57 bits per heavy atom. The van der Waals surface area contributed by atoms with Crippen molar-refractivity contribution >= 4 is 33.4 Å². The third kappa shape index (κ3) is 4.68. The number of pyridine rings is 1. The van der Waals surface area contributed by atoms with Gasteiger partial charge in [-0.1, -0.05) is 15.9 Å². The second-order valence-electron chi connectivity index (χ2n) is 4.41. The van der Waals surface area contributed by atoms with Crippen LogP contribution in [0.25, 0.3) is 0 Å². The molecule has 21 heavy (non-hydrogen) atoms. The van der Waals surface area contributed by atoms with Crippen molar-refractivity contribution in [2.45, 2.75) is 13.5 Å². The first-order valence-corrected chi connectivity index (χ1v) is 7.10. The molecule has 0 bridgehead atoms. The number of aromatic nitrogens is 1. The Balaban J connectivity index is 2.06. The predicted octanol–water partition coefficient (Wildman–Crippen LogP) is 2.73. The molecular weight excluding hydrogens is 334 g/mol. The van der Waals surface area contributed by atoms with Crippen LogP contribution >= 0.6 is 15.9 Å². The molecule has 0 radical (unpaired) electrons. The van der Waals surface area contributed by atoms with E-state index in [0.717, 1.165) is 4.47 Å². The molecule has 2 N–H and O–H groups in total. The summed E-state index contributed by atoms with van der Waals surface area (Å²) in [7, 11) is 0. The summed E-state index contributed by atoms with van der Waals surface area (Å²) in [6.45, 7) is 1.73. The zero-order chi connectivity index (χ0) is 15.2. The molecule has 0 aliphatic heterocycles. The summed E-state index contributed by atoms with van der Waals surface area (Å²) in [6.07, 6.45) is 1.55. The van der Waals surface area contributed by atoms with Crippen LogP contribution in [0, 0.1) is 0 Å². The molecule has 0 aliphatic carbocycles. The van der Waals surface area contributed by atoms with E-state index in [1.165, 1.54) is 6.92 Å². The van der Waals surface area contributed by atoms with Crippen molar-refractivity contribution < 1.29 is 9.59 Å². The van der Waals surface area contributed by atoms with Gasteiger partial charge in [-0.25, -0.2) is 0 Å². The van der Waals surface area contributed by atoms with E-state index in [2.05, 4.69) is 31.5 Å². The largest absolute Gasteiger partial charge is 0.351 e. The van der Waals surface area contributed by atoms with E-state index >= 15 is 0 Å². The van der Waals surface area contributed by atoms with Gasteiger partial charge in [-0.2, -0.15) is 0 Å². The molecule has 0 atom stereocenters. The van der Waals surface area contributed by atoms with Gasteiger partial charge >= 0.3 is 0 Å². The monoisotopic (exact) mass is 347 g/mol. The lowest BCUT2D eigenvalue weighted by atomic mass is 10.2. The number of carbonyl (C=O) groups excluding carboxylic acids is 2. The van der Waals surface area contributed by atoms with E-state index in [1.54, 1.807) is 30.5 Å². The van der Waals surface area contributed by atoms with Gasteiger partial charge < -0.3 is 10.6 Å². The fraction of sp³-hybridized carbons (Fsp3) is 0.133. The van der Waals surface area contributed by atoms with E-state index in [-0.39, 0.29) is 11.8 Å². The SMILES string of the molecule is CC(=O)NCc1cc(C(=O)Nc2ccc(Br)cc2)ccn1. The fourth-order valence-electron chi connectivity index (χ4n) is 1.67. The number of carbonyl (C=O) groups is 2. The zero-order valence-corrected chi connectivity index (χ0v) is 13.0. The summed E-state index contributed by atoms with van der Waals surface area (Å²) < 4.78 is 0.946. The van der Waals surface area contributed by atoms with Crippen molar-refractivity contribution in [1.29, 1.82) is 0 Å². The van der Waals surface area contributed by atoms with Crippen molar-refractivity contribution in [3.63, 3.8) is 0 Å². The van der Waals surface area contributed by atoms with E-state index < -0.39 is 0 Å². The van der Waals surface area contributed by atoms with Gasteiger partial charge in [0.1, 0.15) is 0 Å². The Kier molecular flexibility index (Phi) is 5.05. The summed E-state index contributed by atoms with van der Waals surface area (Å²) in [5.74, 6) is -0.356. The van der Waals surface area contributed by atoms with Crippen LogP contribution in [0.3, 0.4) is 0 Å². The van der Waals surface area contributed by atoms with E-state index in [0.29, 0.717) is 23.5 Å². The Hall–Kier alpha value is -2.21. The molecule has 2 amide bonds. The second kappa shape index (κ2) is 6.99. The van der Waals surface area contributed by atoms with Gasteiger partial charge in [-0.3, -0.25) is 14.6 Å². The Morgan fingerprint density at radius 2 is 1.90 bits per heavy atom. The fourth-order valence-corrected chi connectivity index (χ4v) is 1.93. The van der Waals surface area contributed by atoms with Crippen molar-refractivity contribution in [2.75, 3.05) is 5.32 Å². The third-order valence-corrected chi connectivity index (χ3v) is 3.23. The van der Waals surface area contributed by atoms with Gasteiger partial charge in [-0.05, 0) is 36.4 Å². The van der Waals surface area contributed by atoms with Crippen LogP contribution < -0.4 is 10.6 Å². The summed E-state index contributed by atoms with van der Waals surface area (Å²) in [5, 5.41) is 5.45. The lowest BCUT2D eigenvalue weighted by molar-refractivity contribution is -0.119. The summed E-state index contributed by atoms with van der Waals surface area (Å²) >= 11 is 3.34. The lowest BCUT2D eigenvalue weighted by Crippen LogP contribution is -2.20. The number of benzene rings is 1. The smallest absolute Gasteiger partial charge is 0.255 e. The lowest BCUT2D eigenvalue weighted by Gasteiger charge is -2.07. The summed E-state index contributed by atoms with van der Waals surface area (Å²) in [4.78, 5) is 27.1. The molecular formula is C15H14BrN3O2. The molecule has 6 heteroatoms. The molecule has 0 unspecified atom stereocenters. The van der Waals surface area contributed by atoms with Crippen molar-refractivity contribution in [3.05, 3.63) is 58.3 Å². The Morgan fingerprint density at radius 1 is 1.19 bits per heavy atom. The van der Waals surface area contributed by atoms with Crippen molar-refractivity contribution in [2.24, 2.45) is 0 Å². The first kappa shape index (κ1) is 15.2. The van der Waals surface area contributed by atoms with E-state index in [4.69, 9.17) is 0 Å². The highest BCUT2D eigenvalue weighted by molar-refractivity contribution is 9.10. The number of hydrogen-bond donors (Lipinski definition) is 2. The van der Waals surface area contributed by atoms with Crippen LogP contribution in [0.15, 0.2) is 47.1 Å². The molecule has 0 fully saturated rings. The standard InChI is InChI=1S/C15H14BrN3O2/c1-10(20)18-9-14-8-11(6-7-17-14)15(21)19-13-4-2-12(16)3-5-13/h2-8H,9H2,1H3,(H,18,20)(H,19,21). The van der Waals surface area contributed by atoms with Crippen LogP contribution in [0.2, 0.25) is 0 Å². The van der Waals surface area contributed by atoms with Crippen LogP contribution in [0.1, 0.15) is 23.0 Å². The van der Waals surface area contributed by atoms with E-state index in [9.17, 15) is 9.59 Å². The van der Waals surface area contributed by atoms with Crippen LogP contribution in [0.5, 0.6) is 0 Å². The highest BCUT2D eigenvalue weighted by Gasteiger charge is 2.07. The van der Waals surface area contributed by atoms with Gasteiger partial charge in [0.2, 0.25) is 5.91 Å². The van der Waals surface area contributed by atoms with Gasteiger partial charge in [-0.15, -0.1) is 0 Å². The van der Waals surface area contributed by atoms with Gasteiger partial charge in [0.25, 0.3) is 5.91 Å². The second-order valence-corrected chi connectivity index (χ2v) is 5.32. The molecule has 1 aromatic carbocycles. The Labute approximate surface area is 130 Å². The molecule has 0 aliphatic rings. The average Bonchev–Trinajstić information content (AvgIpc) is 2.48. The predicted molar refractivity (Wildman–Crippen MR) is 83.9 cm³/mol. The molecule has 108 valence electrons. The summed E-state index contributed by atoms with van der Waals surface area (Å²) in [5.41, 5.74) is 1.84. The maximum Gasteiger partial charge on any atom is 0.255 e. The number of nitrogens with one attached hydrogen (secondary N) is 2. The molecule has 2 rings (SSSR count). The normalized spacial score (nSPS) is 10.0. The Bertz CT molecular complexity index is 656. The molecule has 0 saturated carbocycles. The molecule has 0 spiro atoms. The number of nitrogens with zero attached hydrogens (tertiary/aromatic N) is 1. The molecule has 1 aromatic heterocycles. The van der Waals surface area contributed by atoms with Gasteiger partial charge in [0.15, 0.2) is 0 Å². The number of hydrogen-bond acceptors (Lipinski definition) is 3. The highest BCUT2D eigenvalue weighted by atomic mass is 79.9. The quantitative estimate of drug-likeness (QED) is 0.893. The minimum atomic E-state index is -0.219. The van der Waals surface area contributed by atoms with Gasteiger partial charge in [0.05, 0.1) is 12.2 Å². The number of anilines is 1. The molecule has 2 aromatic rings. The maximum atomic E-state index is 12.2. The minimum absolute atomic E-state index is 0.137. The summed E-state index contributed by atoms with van der Waals surface area (Å²) in [6, 6.07) is 10.6. The van der Waals surface area contributed by atoms with Crippen LogP contribution in [-0.2, 0) is 11.3 Å². The highest BCUT2D eigenvalue weighted by Crippen LogP contribution is 2.15. The van der Waals surface area contributed by atoms with Crippen molar-refractivity contribution in [3.8, 4) is 0 Å². The molecule has 0 saturated heterocycles.